The molecule has 0 spiro atoms. The maximum absolute atomic E-state index is 13.1. The predicted molar refractivity (Wildman–Crippen MR) is 81.4 cm³/mol. The molecule has 2 aromatic carbocycles. The minimum absolute atomic E-state index is 0.0376. The van der Waals surface area contributed by atoms with Crippen LogP contribution in [0.3, 0.4) is 0 Å². The summed E-state index contributed by atoms with van der Waals surface area (Å²) < 4.78 is 13.6. The Morgan fingerprint density at radius 3 is 2.40 bits per heavy atom. The van der Waals surface area contributed by atoms with Crippen LogP contribution >= 0.6 is 27.7 Å². The first-order chi connectivity index (χ1) is 9.54. The zero-order valence-corrected chi connectivity index (χ0v) is 12.9. The Hall–Kier alpha value is -1.33. The molecule has 2 rings (SSSR count). The van der Waals surface area contributed by atoms with Crippen molar-refractivity contribution in [2.75, 3.05) is 0 Å². The predicted octanol–water partition coefficient (Wildman–Crippen LogP) is 4.51. The fourth-order valence-corrected chi connectivity index (χ4v) is 2.94. The summed E-state index contributed by atoms with van der Waals surface area (Å²) in [6, 6.07) is 12.4. The van der Waals surface area contributed by atoms with Gasteiger partial charge in [0.05, 0.1) is 10.9 Å². The van der Waals surface area contributed by atoms with Crippen molar-refractivity contribution < 1.29 is 14.3 Å². The van der Waals surface area contributed by atoms with Crippen LogP contribution in [0, 0.1) is 5.82 Å². The summed E-state index contributed by atoms with van der Waals surface area (Å²) in [6.07, 6.45) is 0.0376. The Morgan fingerprint density at radius 1 is 1.15 bits per heavy atom. The van der Waals surface area contributed by atoms with Crippen LogP contribution in [0.25, 0.3) is 0 Å². The van der Waals surface area contributed by atoms with Gasteiger partial charge in [-0.15, -0.1) is 11.8 Å². The summed E-state index contributed by atoms with van der Waals surface area (Å²) >= 11 is 4.79. The lowest BCUT2D eigenvalue weighted by atomic mass is 10.2. The van der Waals surface area contributed by atoms with Crippen LogP contribution in [0.15, 0.2) is 51.8 Å². The van der Waals surface area contributed by atoms with Crippen LogP contribution in [0.2, 0.25) is 0 Å². The van der Waals surface area contributed by atoms with Gasteiger partial charge in [-0.2, -0.15) is 0 Å². The van der Waals surface area contributed by atoms with Crippen molar-refractivity contribution in [1.82, 2.24) is 0 Å². The highest BCUT2D eigenvalue weighted by molar-refractivity contribution is 9.10. The second kappa shape index (κ2) is 6.90. The summed E-state index contributed by atoms with van der Waals surface area (Å²) in [4.78, 5) is 11.6. The van der Waals surface area contributed by atoms with E-state index in [1.165, 1.54) is 6.07 Å². The summed E-state index contributed by atoms with van der Waals surface area (Å²) in [7, 11) is 0. The van der Waals surface area contributed by atoms with E-state index in [0.29, 0.717) is 4.47 Å². The topological polar surface area (TPSA) is 37.3 Å². The van der Waals surface area contributed by atoms with Crippen LogP contribution in [-0.2, 0) is 17.0 Å². The Labute approximate surface area is 129 Å². The van der Waals surface area contributed by atoms with Crippen LogP contribution in [0.4, 0.5) is 4.39 Å². The lowest BCUT2D eigenvalue weighted by Crippen LogP contribution is -1.99. The van der Waals surface area contributed by atoms with E-state index in [4.69, 9.17) is 5.11 Å². The average molecular weight is 355 g/mol. The SMILES string of the molecule is O=C(O)Cc1ccc(SCc2ccc(F)c(Br)c2)cc1. The Morgan fingerprint density at radius 2 is 1.80 bits per heavy atom. The van der Waals surface area contributed by atoms with Gasteiger partial charge in [0.2, 0.25) is 0 Å². The minimum Gasteiger partial charge on any atom is -0.481 e. The van der Waals surface area contributed by atoms with Gasteiger partial charge in [0.1, 0.15) is 5.82 Å². The average Bonchev–Trinajstić information content (AvgIpc) is 2.41. The van der Waals surface area contributed by atoms with Crippen LogP contribution in [-0.4, -0.2) is 11.1 Å². The number of hydrogen-bond acceptors (Lipinski definition) is 2. The van der Waals surface area contributed by atoms with Crippen molar-refractivity contribution in [2.24, 2.45) is 0 Å². The molecule has 2 aromatic rings. The third-order valence-electron chi connectivity index (χ3n) is 2.67. The normalized spacial score (nSPS) is 10.5. The van der Waals surface area contributed by atoms with Crippen molar-refractivity contribution in [2.45, 2.75) is 17.1 Å². The third kappa shape index (κ3) is 4.35. The molecule has 2 nitrogen and oxygen atoms in total. The smallest absolute Gasteiger partial charge is 0.307 e. The van der Waals surface area contributed by atoms with Crippen molar-refractivity contribution >= 4 is 33.7 Å². The summed E-state index contributed by atoms with van der Waals surface area (Å²) in [5.74, 6) is -0.365. The molecule has 0 aliphatic carbocycles. The first-order valence-corrected chi connectivity index (χ1v) is 7.70. The highest BCUT2D eigenvalue weighted by atomic mass is 79.9. The van der Waals surface area contributed by atoms with Crippen LogP contribution < -0.4 is 0 Å². The van der Waals surface area contributed by atoms with Gasteiger partial charge in [-0.05, 0) is 51.3 Å². The zero-order chi connectivity index (χ0) is 14.5. The molecule has 0 saturated heterocycles. The molecule has 0 unspecified atom stereocenters. The van der Waals surface area contributed by atoms with Gasteiger partial charge in [-0.25, -0.2) is 4.39 Å². The molecule has 0 radical (unpaired) electrons. The number of halogens is 2. The quantitative estimate of drug-likeness (QED) is 0.802. The second-order valence-corrected chi connectivity index (χ2v) is 6.15. The highest BCUT2D eigenvalue weighted by Gasteiger charge is 2.03. The Balaban J connectivity index is 1.96. The molecule has 0 saturated carbocycles. The fourth-order valence-electron chi connectivity index (χ4n) is 1.67. The molecule has 5 heteroatoms. The van der Waals surface area contributed by atoms with E-state index in [1.54, 1.807) is 23.9 Å². The number of carbonyl (C=O) groups is 1. The van der Waals surface area contributed by atoms with Crippen molar-refractivity contribution in [3.8, 4) is 0 Å². The Kier molecular flexibility index (Phi) is 5.20. The van der Waals surface area contributed by atoms with Gasteiger partial charge in [0.25, 0.3) is 0 Å². The van der Waals surface area contributed by atoms with Crippen molar-refractivity contribution in [3.05, 3.63) is 63.9 Å². The molecule has 104 valence electrons. The number of rotatable bonds is 5. The molecular weight excluding hydrogens is 343 g/mol. The van der Waals surface area contributed by atoms with E-state index in [2.05, 4.69) is 15.9 Å². The van der Waals surface area contributed by atoms with Gasteiger partial charge < -0.3 is 5.11 Å². The molecule has 0 fully saturated rings. The number of carboxylic acids is 1. The first-order valence-electron chi connectivity index (χ1n) is 5.92. The lowest BCUT2D eigenvalue weighted by molar-refractivity contribution is -0.136. The van der Waals surface area contributed by atoms with Crippen molar-refractivity contribution in [1.29, 1.82) is 0 Å². The molecule has 0 bridgehead atoms. The fraction of sp³-hybridized carbons (Fsp3) is 0.133. The van der Waals surface area contributed by atoms with Gasteiger partial charge in [-0.1, -0.05) is 18.2 Å². The van der Waals surface area contributed by atoms with Gasteiger partial charge in [0, 0.05) is 10.6 Å². The summed E-state index contributed by atoms with van der Waals surface area (Å²) in [5.41, 5.74) is 1.81. The summed E-state index contributed by atoms with van der Waals surface area (Å²) in [5, 5.41) is 8.70. The molecular formula is C15H12BrFO2S. The molecule has 0 aromatic heterocycles. The van der Waals surface area contributed by atoms with Crippen LogP contribution in [0.1, 0.15) is 11.1 Å². The van der Waals surface area contributed by atoms with Gasteiger partial charge >= 0.3 is 5.97 Å². The van der Waals surface area contributed by atoms with E-state index in [-0.39, 0.29) is 12.2 Å². The van der Waals surface area contributed by atoms with E-state index in [0.717, 1.165) is 21.8 Å². The van der Waals surface area contributed by atoms with E-state index in [1.807, 2.05) is 24.3 Å². The maximum Gasteiger partial charge on any atom is 0.307 e. The molecule has 0 atom stereocenters. The van der Waals surface area contributed by atoms with Crippen molar-refractivity contribution in [3.63, 3.8) is 0 Å². The molecule has 1 N–H and O–H groups in total. The molecule has 0 aliphatic rings. The number of hydrogen-bond donors (Lipinski definition) is 1. The van der Waals surface area contributed by atoms with E-state index in [9.17, 15) is 9.18 Å². The van der Waals surface area contributed by atoms with Gasteiger partial charge in [-0.3, -0.25) is 4.79 Å². The molecule has 0 aliphatic heterocycles. The summed E-state index contributed by atoms with van der Waals surface area (Å²) in [6.45, 7) is 0. The highest BCUT2D eigenvalue weighted by Crippen LogP contribution is 2.25. The zero-order valence-electron chi connectivity index (χ0n) is 10.5. The number of benzene rings is 2. The number of aliphatic carboxylic acids is 1. The first kappa shape index (κ1) is 15.1. The van der Waals surface area contributed by atoms with E-state index >= 15 is 0 Å². The second-order valence-electron chi connectivity index (χ2n) is 4.25. The third-order valence-corrected chi connectivity index (χ3v) is 4.36. The monoisotopic (exact) mass is 354 g/mol. The molecule has 20 heavy (non-hydrogen) atoms. The standard InChI is InChI=1S/C15H12BrFO2S/c16-13-7-11(3-6-14(13)17)9-20-12-4-1-10(2-5-12)8-15(18)19/h1-7H,8-9H2,(H,18,19). The largest absolute Gasteiger partial charge is 0.481 e. The minimum atomic E-state index is -0.832. The van der Waals surface area contributed by atoms with Gasteiger partial charge in [0.15, 0.2) is 0 Å². The number of carboxylic acid groups (broad SMARTS) is 1. The van der Waals surface area contributed by atoms with Crippen LogP contribution in [0.5, 0.6) is 0 Å². The Bertz CT molecular complexity index is 614. The molecule has 0 heterocycles. The molecule has 0 amide bonds. The van der Waals surface area contributed by atoms with E-state index < -0.39 is 5.97 Å². The maximum atomic E-state index is 13.1. The lowest BCUT2D eigenvalue weighted by Gasteiger charge is -2.04. The number of thioether (sulfide) groups is 1.